The van der Waals surface area contributed by atoms with Crippen molar-refractivity contribution < 1.29 is 23.8 Å². The van der Waals surface area contributed by atoms with Crippen LogP contribution in [0.1, 0.15) is 36.2 Å². The standard InChI is InChI=1S/C21H25NO5/c1-3-12-26-18-11-10-17(13-19(18)25-4-2)21(24)27-15-20(23)22-14-16-8-6-5-7-9-16/h5-11,13H,3-4,12,14-15H2,1-2H3,(H,22,23). The maximum atomic E-state index is 12.2. The average Bonchev–Trinajstić information content (AvgIpc) is 2.70. The molecule has 0 spiro atoms. The lowest BCUT2D eigenvalue weighted by Crippen LogP contribution is -2.28. The molecule has 0 radical (unpaired) electrons. The Labute approximate surface area is 159 Å². The number of rotatable bonds is 10. The lowest BCUT2D eigenvalue weighted by Gasteiger charge is -2.13. The van der Waals surface area contributed by atoms with Crippen LogP contribution >= 0.6 is 0 Å². The molecule has 0 saturated carbocycles. The fraction of sp³-hybridized carbons (Fsp3) is 0.333. The third-order valence-corrected chi connectivity index (χ3v) is 3.61. The second-order valence-corrected chi connectivity index (χ2v) is 5.78. The van der Waals surface area contributed by atoms with Gasteiger partial charge >= 0.3 is 5.97 Å². The van der Waals surface area contributed by atoms with E-state index in [0.717, 1.165) is 12.0 Å². The highest BCUT2D eigenvalue weighted by Crippen LogP contribution is 2.29. The van der Waals surface area contributed by atoms with Crippen molar-refractivity contribution >= 4 is 11.9 Å². The quantitative estimate of drug-likeness (QED) is 0.649. The summed E-state index contributed by atoms with van der Waals surface area (Å²) in [7, 11) is 0. The summed E-state index contributed by atoms with van der Waals surface area (Å²) in [6.45, 7) is 4.91. The van der Waals surface area contributed by atoms with Gasteiger partial charge in [0.2, 0.25) is 0 Å². The molecular weight excluding hydrogens is 346 g/mol. The summed E-state index contributed by atoms with van der Waals surface area (Å²) < 4.78 is 16.2. The lowest BCUT2D eigenvalue weighted by molar-refractivity contribution is -0.124. The zero-order valence-corrected chi connectivity index (χ0v) is 15.7. The Morgan fingerprint density at radius 3 is 2.44 bits per heavy atom. The molecule has 2 aromatic carbocycles. The van der Waals surface area contributed by atoms with Crippen molar-refractivity contribution in [3.05, 3.63) is 59.7 Å². The number of benzene rings is 2. The van der Waals surface area contributed by atoms with E-state index in [4.69, 9.17) is 14.2 Å². The number of carbonyl (C=O) groups is 2. The predicted octanol–water partition coefficient (Wildman–Crippen LogP) is 3.35. The van der Waals surface area contributed by atoms with Crippen molar-refractivity contribution in [2.24, 2.45) is 0 Å². The summed E-state index contributed by atoms with van der Waals surface area (Å²) in [6, 6.07) is 14.3. The number of ether oxygens (including phenoxy) is 3. The molecule has 0 atom stereocenters. The Balaban J connectivity index is 1.88. The largest absolute Gasteiger partial charge is 0.490 e. The number of hydrogen-bond acceptors (Lipinski definition) is 5. The smallest absolute Gasteiger partial charge is 0.338 e. The number of esters is 1. The van der Waals surface area contributed by atoms with E-state index < -0.39 is 5.97 Å². The molecule has 0 saturated heterocycles. The summed E-state index contributed by atoms with van der Waals surface area (Å²) in [5.41, 5.74) is 1.28. The summed E-state index contributed by atoms with van der Waals surface area (Å²) in [5.74, 6) is 0.109. The molecule has 0 fully saturated rings. The van der Waals surface area contributed by atoms with E-state index in [9.17, 15) is 9.59 Å². The topological polar surface area (TPSA) is 73.9 Å². The van der Waals surface area contributed by atoms with Crippen LogP contribution in [0.4, 0.5) is 0 Å². The number of amides is 1. The number of hydrogen-bond donors (Lipinski definition) is 1. The van der Waals surface area contributed by atoms with E-state index in [2.05, 4.69) is 5.32 Å². The van der Waals surface area contributed by atoms with Gasteiger partial charge < -0.3 is 19.5 Å². The van der Waals surface area contributed by atoms with Crippen LogP contribution in [0.5, 0.6) is 11.5 Å². The molecule has 1 N–H and O–H groups in total. The highest BCUT2D eigenvalue weighted by molar-refractivity contribution is 5.92. The molecule has 0 aromatic heterocycles. The summed E-state index contributed by atoms with van der Waals surface area (Å²) in [4.78, 5) is 24.1. The van der Waals surface area contributed by atoms with Gasteiger partial charge in [-0.25, -0.2) is 4.79 Å². The van der Waals surface area contributed by atoms with Crippen LogP contribution in [-0.4, -0.2) is 31.7 Å². The Kier molecular flexibility index (Phi) is 8.16. The van der Waals surface area contributed by atoms with E-state index in [0.29, 0.717) is 36.8 Å². The Bertz CT molecular complexity index is 745. The van der Waals surface area contributed by atoms with E-state index in [1.165, 1.54) is 0 Å². The van der Waals surface area contributed by atoms with Crippen LogP contribution in [0.25, 0.3) is 0 Å². The van der Waals surface area contributed by atoms with Gasteiger partial charge in [-0.15, -0.1) is 0 Å². The number of carbonyl (C=O) groups excluding carboxylic acids is 2. The van der Waals surface area contributed by atoms with Gasteiger partial charge in [0.05, 0.1) is 18.8 Å². The van der Waals surface area contributed by atoms with Gasteiger partial charge in [0.1, 0.15) is 0 Å². The first-order valence-electron chi connectivity index (χ1n) is 9.01. The molecule has 0 heterocycles. The third kappa shape index (κ3) is 6.66. The molecule has 0 unspecified atom stereocenters. The minimum Gasteiger partial charge on any atom is -0.490 e. The zero-order chi connectivity index (χ0) is 19.5. The third-order valence-electron chi connectivity index (χ3n) is 3.61. The minimum absolute atomic E-state index is 0.304. The van der Waals surface area contributed by atoms with E-state index in [-0.39, 0.29) is 12.5 Å². The van der Waals surface area contributed by atoms with Crippen molar-refractivity contribution in [2.75, 3.05) is 19.8 Å². The normalized spacial score (nSPS) is 10.1. The molecule has 0 aliphatic carbocycles. The molecule has 0 aliphatic rings. The van der Waals surface area contributed by atoms with Gasteiger partial charge in [-0.3, -0.25) is 4.79 Å². The number of nitrogens with one attached hydrogen (secondary N) is 1. The van der Waals surface area contributed by atoms with Crippen molar-refractivity contribution in [1.29, 1.82) is 0 Å². The Morgan fingerprint density at radius 2 is 1.74 bits per heavy atom. The van der Waals surface area contributed by atoms with Crippen LogP contribution in [0.3, 0.4) is 0 Å². The van der Waals surface area contributed by atoms with Gasteiger partial charge in [0, 0.05) is 6.54 Å². The Hall–Kier alpha value is -3.02. The fourth-order valence-corrected chi connectivity index (χ4v) is 2.30. The van der Waals surface area contributed by atoms with Gasteiger partial charge in [-0.1, -0.05) is 37.3 Å². The molecule has 2 rings (SSSR count). The highest BCUT2D eigenvalue weighted by atomic mass is 16.5. The highest BCUT2D eigenvalue weighted by Gasteiger charge is 2.14. The van der Waals surface area contributed by atoms with Gasteiger partial charge in [-0.2, -0.15) is 0 Å². The Morgan fingerprint density at radius 1 is 0.963 bits per heavy atom. The first kappa shape index (κ1) is 20.3. The van der Waals surface area contributed by atoms with Crippen molar-refractivity contribution in [3.8, 4) is 11.5 Å². The molecule has 2 aromatic rings. The van der Waals surface area contributed by atoms with Crippen LogP contribution < -0.4 is 14.8 Å². The maximum Gasteiger partial charge on any atom is 0.338 e. The van der Waals surface area contributed by atoms with Crippen LogP contribution in [-0.2, 0) is 16.1 Å². The maximum absolute atomic E-state index is 12.2. The van der Waals surface area contributed by atoms with Crippen molar-refractivity contribution in [3.63, 3.8) is 0 Å². The molecule has 27 heavy (non-hydrogen) atoms. The SMILES string of the molecule is CCCOc1ccc(C(=O)OCC(=O)NCc2ccccc2)cc1OCC. The van der Waals surface area contributed by atoms with Crippen molar-refractivity contribution in [2.45, 2.75) is 26.8 Å². The van der Waals surface area contributed by atoms with Gasteiger partial charge in [-0.05, 0) is 37.1 Å². The zero-order valence-electron chi connectivity index (χ0n) is 15.7. The second-order valence-electron chi connectivity index (χ2n) is 5.78. The van der Waals surface area contributed by atoms with Crippen LogP contribution in [0, 0.1) is 0 Å². The van der Waals surface area contributed by atoms with Crippen LogP contribution in [0.2, 0.25) is 0 Å². The predicted molar refractivity (Wildman–Crippen MR) is 102 cm³/mol. The van der Waals surface area contributed by atoms with Crippen LogP contribution in [0.15, 0.2) is 48.5 Å². The average molecular weight is 371 g/mol. The monoisotopic (exact) mass is 371 g/mol. The van der Waals surface area contributed by atoms with Gasteiger partial charge in [0.15, 0.2) is 18.1 Å². The van der Waals surface area contributed by atoms with Gasteiger partial charge in [0.25, 0.3) is 5.91 Å². The van der Waals surface area contributed by atoms with E-state index in [1.807, 2.05) is 44.2 Å². The second kappa shape index (κ2) is 10.9. The summed E-state index contributed by atoms with van der Waals surface area (Å²) in [5, 5.41) is 2.71. The fourth-order valence-electron chi connectivity index (χ4n) is 2.30. The molecule has 6 heteroatoms. The lowest BCUT2D eigenvalue weighted by atomic mass is 10.2. The van der Waals surface area contributed by atoms with Crippen molar-refractivity contribution in [1.82, 2.24) is 5.32 Å². The minimum atomic E-state index is -0.590. The first-order chi connectivity index (χ1) is 13.1. The first-order valence-corrected chi connectivity index (χ1v) is 9.01. The molecule has 1 amide bonds. The molecule has 144 valence electrons. The molecule has 0 aliphatic heterocycles. The molecule has 0 bridgehead atoms. The van der Waals surface area contributed by atoms with E-state index >= 15 is 0 Å². The summed E-state index contributed by atoms with van der Waals surface area (Å²) in [6.07, 6.45) is 0.869. The van der Waals surface area contributed by atoms with E-state index in [1.54, 1.807) is 18.2 Å². The molecular formula is C21H25NO5. The molecule has 6 nitrogen and oxygen atoms in total. The summed E-state index contributed by atoms with van der Waals surface area (Å²) >= 11 is 0.